The van der Waals surface area contributed by atoms with Gasteiger partial charge in [-0.25, -0.2) is 0 Å². The molecule has 0 spiro atoms. The van der Waals surface area contributed by atoms with E-state index in [1.54, 1.807) is 24.3 Å². The van der Waals surface area contributed by atoms with E-state index in [0.29, 0.717) is 12.5 Å². The van der Waals surface area contributed by atoms with Crippen LogP contribution in [0.1, 0.15) is 39.5 Å². The largest absolute Gasteiger partial charge is 0.508 e. The fraction of sp³-hybridized carbons (Fsp3) is 0.562. The molecule has 1 unspecified atom stereocenters. The molecule has 0 fully saturated rings. The van der Waals surface area contributed by atoms with E-state index in [1.807, 2.05) is 0 Å². The Hall–Kier alpha value is -1.71. The van der Waals surface area contributed by atoms with Crippen molar-refractivity contribution in [2.75, 3.05) is 18.5 Å². The molecule has 112 valence electrons. The summed E-state index contributed by atoms with van der Waals surface area (Å²) in [5.41, 5.74) is 0.790. The quantitative estimate of drug-likeness (QED) is 0.536. The second kappa shape index (κ2) is 9.23. The summed E-state index contributed by atoms with van der Waals surface area (Å²) in [6.07, 6.45) is 4.51. The molecule has 20 heavy (non-hydrogen) atoms. The van der Waals surface area contributed by atoms with Gasteiger partial charge in [-0.2, -0.15) is 0 Å². The Labute approximate surface area is 121 Å². The maximum atomic E-state index is 11.6. The van der Waals surface area contributed by atoms with Crippen molar-refractivity contribution in [3.63, 3.8) is 0 Å². The van der Waals surface area contributed by atoms with Gasteiger partial charge in [-0.3, -0.25) is 4.79 Å². The van der Waals surface area contributed by atoms with Crippen LogP contribution in [0.25, 0.3) is 0 Å². The maximum Gasteiger partial charge on any atom is 0.325 e. The summed E-state index contributed by atoms with van der Waals surface area (Å²) in [6, 6.07) is 6.59. The van der Waals surface area contributed by atoms with Gasteiger partial charge in [0, 0.05) is 5.69 Å². The number of anilines is 1. The Kier molecular flexibility index (Phi) is 7.55. The third-order valence-electron chi connectivity index (χ3n) is 3.33. The van der Waals surface area contributed by atoms with Crippen LogP contribution in [0.2, 0.25) is 0 Å². The highest BCUT2D eigenvalue weighted by Gasteiger charge is 2.09. The zero-order chi connectivity index (χ0) is 14.8. The highest BCUT2D eigenvalue weighted by atomic mass is 16.5. The third kappa shape index (κ3) is 6.45. The number of nitrogens with one attached hydrogen (secondary N) is 1. The number of hydrogen-bond donors (Lipinski definition) is 2. The van der Waals surface area contributed by atoms with Crippen molar-refractivity contribution in [3.8, 4) is 5.75 Å². The first-order chi connectivity index (χ1) is 9.65. The average Bonchev–Trinajstić information content (AvgIpc) is 2.47. The van der Waals surface area contributed by atoms with Gasteiger partial charge < -0.3 is 15.2 Å². The van der Waals surface area contributed by atoms with Crippen molar-refractivity contribution in [3.05, 3.63) is 24.3 Å². The average molecular weight is 279 g/mol. The number of phenols is 1. The first kappa shape index (κ1) is 16.3. The van der Waals surface area contributed by atoms with E-state index in [9.17, 15) is 4.79 Å². The van der Waals surface area contributed by atoms with Crippen molar-refractivity contribution >= 4 is 11.7 Å². The van der Waals surface area contributed by atoms with Crippen LogP contribution < -0.4 is 5.32 Å². The van der Waals surface area contributed by atoms with Crippen molar-refractivity contribution in [1.82, 2.24) is 0 Å². The Balaban J connectivity index is 2.24. The number of phenolic OH excluding ortho intramolecular Hbond substituents is 1. The molecule has 1 aromatic rings. The molecule has 0 aliphatic carbocycles. The Morgan fingerprint density at radius 3 is 2.60 bits per heavy atom. The van der Waals surface area contributed by atoms with E-state index in [0.717, 1.165) is 18.5 Å². The van der Waals surface area contributed by atoms with E-state index in [2.05, 4.69) is 19.2 Å². The topological polar surface area (TPSA) is 58.6 Å². The summed E-state index contributed by atoms with van der Waals surface area (Å²) < 4.78 is 5.29. The van der Waals surface area contributed by atoms with Crippen molar-refractivity contribution in [2.24, 2.45) is 5.92 Å². The number of carbonyl (C=O) groups is 1. The Morgan fingerprint density at radius 2 is 2.00 bits per heavy atom. The van der Waals surface area contributed by atoms with Crippen molar-refractivity contribution in [1.29, 1.82) is 0 Å². The standard InChI is InChI=1S/C16H25NO3/c1-3-5-6-13(4-2)12-20-16(19)11-17-14-7-9-15(18)10-8-14/h7-10,13,17-18H,3-6,11-12H2,1-2H3. The highest BCUT2D eigenvalue weighted by molar-refractivity contribution is 5.75. The number of esters is 1. The predicted octanol–water partition coefficient (Wildman–Crippen LogP) is 3.56. The highest BCUT2D eigenvalue weighted by Crippen LogP contribution is 2.14. The summed E-state index contributed by atoms with van der Waals surface area (Å²) in [5, 5.41) is 12.1. The van der Waals surface area contributed by atoms with E-state index in [-0.39, 0.29) is 18.3 Å². The van der Waals surface area contributed by atoms with Crippen LogP contribution in [0, 0.1) is 5.92 Å². The monoisotopic (exact) mass is 279 g/mol. The van der Waals surface area contributed by atoms with Gasteiger partial charge in [-0.15, -0.1) is 0 Å². The molecule has 0 aliphatic rings. The summed E-state index contributed by atoms with van der Waals surface area (Å²) >= 11 is 0. The third-order valence-corrected chi connectivity index (χ3v) is 3.33. The zero-order valence-corrected chi connectivity index (χ0v) is 12.4. The van der Waals surface area contributed by atoms with Crippen LogP contribution in [0.3, 0.4) is 0 Å². The molecular weight excluding hydrogens is 254 g/mol. The number of ether oxygens (including phenoxy) is 1. The molecule has 1 rings (SSSR count). The van der Waals surface area contributed by atoms with E-state index < -0.39 is 0 Å². The molecule has 0 bridgehead atoms. The number of rotatable bonds is 9. The van der Waals surface area contributed by atoms with E-state index in [1.165, 1.54) is 12.8 Å². The number of unbranched alkanes of at least 4 members (excludes halogenated alkanes) is 1. The van der Waals surface area contributed by atoms with Crippen LogP contribution in [0.15, 0.2) is 24.3 Å². The van der Waals surface area contributed by atoms with Gasteiger partial charge in [0.05, 0.1) is 6.61 Å². The minimum absolute atomic E-state index is 0.148. The number of benzene rings is 1. The Bertz CT molecular complexity index is 389. The van der Waals surface area contributed by atoms with Gasteiger partial charge in [-0.1, -0.05) is 33.1 Å². The number of aromatic hydroxyl groups is 1. The first-order valence-corrected chi connectivity index (χ1v) is 7.34. The fourth-order valence-electron chi connectivity index (χ4n) is 1.91. The number of hydrogen-bond acceptors (Lipinski definition) is 4. The molecule has 0 saturated carbocycles. The molecule has 1 aromatic carbocycles. The maximum absolute atomic E-state index is 11.6. The minimum atomic E-state index is -0.243. The van der Waals surface area contributed by atoms with Crippen LogP contribution in [-0.2, 0) is 9.53 Å². The smallest absolute Gasteiger partial charge is 0.325 e. The van der Waals surface area contributed by atoms with E-state index >= 15 is 0 Å². The lowest BCUT2D eigenvalue weighted by Crippen LogP contribution is -2.20. The second-order valence-corrected chi connectivity index (χ2v) is 5.00. The lowest BCUT2D eigenvalue weighted by atomic mass is 10.0. The molecule has 0 radical (unpaired) electrons. The lowest BCUT2D eigenvalue weighted by molar-refractivity contribution is -0.143. The van der Waals surface area contributed by atoms with Gasteiger partial charge in [0.2, 0.25) is 0 Å². The minimum Gasteiger partial charge on any atom is -0.508 e. The first-order valence-electron chi connectivity index (χ1n) is 7.34. The van der Waals surface area contributed by atoms with Gasteiger partial charge in [0.25, 0.3) is 0 Å². The number of carbonyl (C=O) groups excluding carboxylic acids is 1. The SMILES string of the molecule is CCCCC(CC)COC(=O)CNc1ccc(O)cc1. The van der Waals surface area contributed by atoms with Gasteiger partial charge in [0.15, 0.2) is 0 Å². The summed E-state index contributed by atoms with van der Waals surface area (Å²) in [5.74, 6) is 0.431. The predicted molar refractivity (Wildman–Crippen MR) is 80.9 cm³/mol. The molecule has 2 N–H and O–H groups in total. The zero-order valence-electron chi connectivity index (χ0n) is 12.4. The molecule has 0 aliphatic heterocycles. The van der Waals surface area contributed by atoms with Crippen LogP contribution in [0.5, 0.6) is 5.75 Å². The van der Waals surface area contributed by atoms with Gasteiger partial charge in [0.1, 0.15) is 12.3 Å². The fourth-order valence-corrected chi connectivity index (χ4v) is 1.91. The second-order valence-electron chi connectivity index (χ2n) is 5.00. The van der Waals surface area contributed by atoms with Gasteiger partial charge >= 0.3 is 5.97 Å². The molecule has 0 aromatic heterocycles. The van der Waals surface area contributed by atoms with Crippen molar-refractivity contribution < 1.29 is 14.6 Å². The molecule has 0 amide bonds. The summed E-state index contributed by atoms with van der Waals surface area (Å²) in [7, 11) is 0. The molecule has 4 nitrogen and oxygen atoms in total. The Morgan fingerprint density at radius 1 is 1.30 bits per heavy atom. The van der Waals surface area contributed by atoms with Crippen LogP contribution in [0.4, 0.5) is 5.69 Å². The normalized spacial score (nSPS) is 11.9. The molecule has 4 heteroatoms. The van der Waals surface area contributed by atoms with Gasteiger partial charge in [-0.05, 0) is 36.6 Å². The molecule has 1 atom stereocenters. The summed E-state index contributed by atoms with van der Waals surface area (Å²) in [4.78, 5) is 11.6. The molecule has 0 saturated heterocycles. The summed E-state index contributed by atoms with van der Waals surface area (Å²) in [6.45, 7) is 4.95. The molecule has 0 heterocycles. The van der Waals surface area contributed by atoms with E-state index in [4.69, 9.17) is 9.84 Å². The van der Waals surface area contributed by atoms with Crippen molar-refractivity contribution in [2.45, 2.75) is 39.5 Å². The molecular formula is C16H25NO3. The van der Waals surface area contributed by atoms with Crippen LogP contribution >= 0.6 is 0 Å². The van der Waals surface area contributed by atoms with Crippen LogP contribution in [-0.4, -0.2) is 24.2 Å². The lowest BCUT2D eigenvalue weighted by Gasteiger charge is -2.15.